The number of primary amides is 1. The van der Waals surface area contributed by atoms with Gasteiger partial charge in [0.2, 0.25) is 0 Å². The summed E-state index contributed by atoms with van der Waals surface area (Å²) in [5.41, 5.74) is 5.28. The standard InChI is InChI=1S/C9H22N2OSi/c1-3-5-6-7-11(9(10)12)13-8-4-2/h3-8,13H2,1-2H3,(H2,10,12). The molecule has 0 aliphatic heterocycles. The predicted octanol–water partition coefficient (Wildman–Crippen LogP) is 1.47. The summed E-state index contributed by atoms with van der Waals surface area (Å²) in [6.45, 7) is 5.20. The van der Waals surface area contributed by atoms with E-state index in [-0.39, 0.29) is 6.03 Å². The number of hydrogen-bond donors (Lipinski definition) is 1. The molecule has 0 saturated carbocycles. The molecule has 13 heavy (non-hydrogen) atoms. The quantitative estimate of drug-likeness (QED) is 0.493. The van der Waals surface area contributed by atoms with Crippen molar-refractivity contribution in [2.24, 2.45) is 5.73 Å². The molecule has 0 atom stereocenters. The van der Waals surface area contributed by atoms with Crippen LogP contribution >= 0.6 is 0 Å². The van der Waals surface area contributed by atoms with E-state index in [4.69, 9.17) is 5.73 Å². The Bertz CT molecular complexity index is 142. The minimum absolute atomic E-state index is 0.212. The lowest BCUT2D eigenvalue weighted by atomic mass is 10.2. The third-order valence-electron chi connectivity index (χ3n) is 2.12. The van der Waals surface area contributed by atoms with Crippen LogP contribution in [0.25, 0.3) is 0 Å². The lowest BCUT2D eigenvalue weighted by Gasteiger charge is -2.19. The number of carbonyl (C=O) groups is 1. The van der Waals surface area contributed by atoms with E-state index in [1.165, 1.54) is 25.3 Å². The van der Waals surface area contributed by atoms with Crippen molar-refractivity contribution in [2.45, 2.75) is 45.6 Å². The Labute approximate surface area is 83.6 Å². The first-order valence-corrected chi connectivity index (χ1v) is 6.90. The van der Waals surface area contributed by atoms with Crippen molar-refractivity contribution in [3.63, 3.8) is 0 Å². The summed E-state index contributed by atoms with van der Waals surface area (Å²) in [4.78, 5) is 11.0. The van der Waals surface area contributed by atoms with E-state index in [0.29, 0.717) is 0 Å². The molecule has 78 valence electrons. The summed E-state index contributed by atoms with van der Waals surface area (Å²) in [5.74, 6) is 0. The maximum Gasteiger partial charge on any atom is 0.306 e. The van der Waals surface area contributed by atoms with Crippen LogP contribution in [0.15, 0.2) is 0 Å². The van der Waals surface area contributed by atoms with Crippen molar-refractivity contribution in [1.29, 1.82) is 0 Å². The van der Waals surface area contributed by atoms with Crippen LogP contribution in [0.4, 0.5) is 4.79 Å². The molecule has 4 heteroatoms. The van der Waals surface area contributed by atoms with Crippen LogP contribution in [-0.4, -0.2) is 26.8 Å². The number of amides is 2. The van der Waals surface area contributed by atoms with Gasteiger partial charge in [0.1, 0.15) is 9.68 Å². The third kappa shape index (κ3) is 6.63. The topological polar surface area (TPSA) is 46.3 Å². The Hall–Kier alpha value is -0.513. The second-order valence-electron chi connectivity index (χ2n) is 3.39. The Kier molecular flexibility index (Phi) is 7.78. The molecule has 0 aromatic carbocycles. The van der Waals surface area contributed by atoms with Crippen LogP contribution < -0.4 is 5.73 Å². The molecule has 0 rings (SSSR count). The molecule has 0 heterocycles. The van der Waals surface area contributed by atoms with Crippen molar-refractivity contribution in [3.8, 4) is 0 Å². The molecule has 0 radical (unpaired) electrons. The summed E-state index contributed by atoms with van der Waals surface area (Å²) in [6, 6.07) is 0.978. The van der Waals surface area contributed by atoms with Gasteiger partial charge >= 0.3 is 6.03 Å². The molecule has 0 aliphatic rings. The van der Waals surface area contributed by atoms with Crippen LogP contribution in [0.5, 0.6) is 0 Å². The second kappa shape index (κ2) is 8.10. The third-order valence-corrected chi connectivity index (χ3v) is 4.32. The summed E-state index contributed by atoms with van der Waals surface area (Å²) in [7, 11) is -0.391. The molecule has 0 aromatic rings. The van der Waals surface area contributed by atoms with Gasteiger partial charge in [-0.1, -0.05) is 33.1 Å². The molecule has 2 amide bonds. The minimum atomic E-state index is -0.391. The highest BCUT2D eigenvalue weighted by Crippen LogP contribution is 1.99. The number of hydrogen-bond acceptors (Lipinski definition) is 1. The van der Waals surface area contributed by atoms with Crippen LogP contribution in [0.1, 0.15) is 39.5 Å². The first-order valence-electron chi connectivity index (χ1n) is 5.26. The van der Waals surface area contributed by atoms with Crippen LogP contribution in [0.3, 0.4) is 0 Å². The van der Waals surface area contributed by atoms with Crippen LogP contribution in [0.2, 0.25) is 6.04 Å². The van der Waals surface area contributed by atoms with Crippen molar-refractivity contribution in [1.82, 2.24) is 4.57 Å². The van der Waals surface area contributed by atoms with Crippen LogP contribution in [0, 0.1) is 0 Å². The van der Waals surface area contributed by atoms with Crippen molar-refractivity contribution in [2.75, 3.05) is 6.54 Å². The zero-order valence-electron chi connectivity index (χ0n) is 8.88. The van der Waals surface area contributed by atoms with Crippen molar-refractivity contribution >= 4 is 15.7 Å². The molecule has 0 bridgehead atoms. The van der Waals surface area contributed by atoms with E-state index in [9.17, 15) is 4.79 Å². The molecule has 0 aliphatic carbocycles. The van der Waals surface area contributed by atoms with Crippen molar-refractivity contribution < 1.29 is 4.79 Å². The van der Waals surface area contributed by atoms with E-state index in [1.807, 2.05) is 4.57 Å². The van der Waals surface area contributed by atoms with Gasteiger partial charge in [0.15, 0.2) is 0 Å². The average Bonchev–Trinajstić information content (AvgIpc) is 2.10. The van der Waals surface area contributed by atoms with E-state index in [0.717, 1.165) is 13.0 Å². The van der Waals surface area contributed by atoms with Gasteiger partial charge in [-0.15, -0.1) is 0 Å². The first-order chi connectivity index (χ1) is 6.22. The van der Waals surface area contributed by atoms with Crippen molar-refractivity contribution in [3.05, 3.63) is 0 Å². The SMILES string of the molecule is CCCCCN([SiH2]CCC)C(N)=O. The molecule has 3 nitrogen and oxygen atoms in total. The van der Waals surface area contributed by atoms with E-state index >= 15 is 0 Å². The number of urea groups is 1. The largest absolute Gasteiger partial charge is 0.358 e. The molecule has 2 N–H and O–H groups in total. The predicted molar refractivity (Wildman–Crippen MR) is 59.5 cm³/mol. The molecule has 0 spiro atoms. The lowest BCUT2D eigenvalue weighted by Crippen LogP contribution is -2.39. The minimum Gasteiger partial charge on any atom is -0.358 e. The van der Waals surface area contributed by atoms with Gasteiger partial charge < -0.3 is 10.3 Å². The van der Waals surface area contributed by atoms with Gasteiger partial charge in [0.05, 0.1) is 0 Å². The molecule has 0 unspecified atom stereocenters. The maximum absolute atomic E-state index is 11.0. The van der Waals surface area contributed by atoms with E-state index in [1.54, 1.807) is 0 Å². The van der Waals surface area contributed by atoms with Gasteiger partial charge in [-0.2, -0.15) is 0 Å². The number of nitrogens with two attached hydrogens (primary N) is 1. The number of carbonyl (C=O) groups excluding carboxylic acids is 1. The lowest BCUT2D eigenvalue weighted by molar-refractivity contribution is 0.231. The number of unbranched alkanes of at least 4 members (excludes halogenated alkanes) is 2. The maximum atomic E-state index is 11.0. The zero-order valence-corrected chi connectivity index (χ0v) is 10.3. The summed E-state index contributed by atoms with van der Waals surface area (Å²) < 4.78 is 1.89. The Morgan fingerprint density at radius 3 is 2.46 bits per heavy atom. The smallest absolute Gasteiger partial charge is 0.306 e. The fourth-order valence-corrected chi connectivity index (χ4v) is 2.60. The first kappa shape index (κ1) is 12.5. The molecule has 0 aromatic heterocycles. The molecule has 0 fully saturated rings. The highest BCUT2D eigenvalue weighted by atomic mass is 28.2. The summed E-state index contributed by atoms with van der Waals surface area (Å²) in [5, 5.41) is 0. The van der Waals surface area contributed by atoms with Crippen LogP contribution in [-0.2, 0) is 0 Å². The highest BCUT2D eigenvalue weighted by Gasteiger charge is 2.07. The molecular weight excluding hydrogens is 180 g/mol. The second-order valence-corrected chi connectivity index (χ2v) is 5.30. The van der Waals surface area contributed by atoms with Gasteiger partial charge in [-0.25, -0.2) is 4.79 Å². The fourth-order valence-electron chi connectivity index (χ4n) is 1.23. The Balaban J connectivity index is 3.61. The van der Waals surface area contributed by atoms with Gasteiger partial charge in [-0.3, -0.25) is 0 Å². The molecular formula is C9H22N2OSi. The monoisotopic (exact) mass is 202 g/mol. The highest BCUT2D eigenvalue weighted by molar-refractivity contribution is 6.36. The summed E-state index contributed by atoms with van der Waals surface area (Å²) >= 11 is 0. The number of nitrogens with zero attached hydrogens (tertiary/aromatic N) is 1. The average molecular weight is 202 g/mol. The molecule has 0 saturated heterocycles. The summed E-state index contributed by atoms with van der Waals surface area (Å²) in [6.07, 6.45) is 4.67. The van der Waals surface area contributed by atoms with Gasteiger partial charge in [-0.05, 0) is 12.5 Å². The Morgan fingerprint density at radius 1 is 1.31 bits per heavy atom. The van der Waals surface area contributed by atoms with Gasteiger partial charge in [0, 0.05) is 6.54 Å². The van der Waals surface area contributed by atoms with Gasteiger partial charge in [0.25, 0.3) is 0 Å². The number of rotatable bonds is 7. The normalized spacial score (nSPS) is 10.9. The van der Waals surface area contributed by atoms with E-state index < -0.39 is 9.68 Å². The van der Waals surface area contributed by atoms with E-state index in [2.05, 4.69) is 13.8 Å². The fraction of sp³-hybridized carbons (Fsp3) is 0.889. The zero-order chi connectivity index (χ0) is 10.1. The Morgan fingerprint density at radius 2 is 2.00 bits per heavy atom.